The van der Waals surface area contributed by atoms with Crippen molar-refractivity contribution in [1.82, 2.24) is 5.16 Å². The first-order valence-corrected chi connectivity index (χ1v) is 8.21. The number of phosphoric acid groups is 1. The van der Waals surface area contributed by atoms with Gasteiger partial charge < -0.3 is 25.2 Å². The van der Waals surface area contributed by atoms with Crippen LogP contribution in [0.5, 0.6) is 0 Å². The highest BCUT2D eigenvalue weighted by Gasteiger charge is 2.29. The highest BCUT2D eigenvalue weighted by Crippen LogP contribution is 2.36. The molecule has 1 aromatic heterocycles. The second kappa shape index (κ2) is 7.49. The first kappa shape index (κ1) is 18.3. The molecule has 0 fully saturated rings. The number of aliphatic hydroxyl groups is 1. The molecule has 0 aliphatic rings. The van der Waals surface area contributed by atoms with Gasteiger partial charge in [0.2, 0.25) is 0 Å². The van der Waals surface area contributed by atoms with E-state index in [2.05, 4.69) is 23.5 Å². The Bertz CT molecular complexity index is 486. The van der Waals surface area contributed by atoms with Gasteiger partial charge in [-0.15, -0.1) is 0 Å². The first-order valence-electron chi connectivity index (χ1n) is 6.68. The fraction of sp³-hybridized carbons (Fsp3) is 0.750. The van der Waals surface area contributed by atoms with E-state index >= 15 is 0 Å². The average Bonchev–Trinajstić information content (AvgIpc) is 2.80. The van der Waals surface area contributed by atoms with Gasteiger partial charge in [-0.3, -0.25) is 4.52 Å². The summed E-state index contributed by atoms with van der Waals surface area (Å²) in [5.41, 5.74) is 5.46. The van der Waals surface area contributed by atoms with Crippen LogP contribution in [0.15, 0.2) is 10.6 Å². The molecular formula is C12H23N2O6P. The number of aromatic nitrogens is 1. The Morgan fingerprint density at radius 2 is 2.19 bits per heavy atom. The van der Waals surface area contributed by atoms with Crippen molar-refractivity contribution in [3.05, 3.63) is 17.5 Å². The zero-order valence-electron chi connectivity index (χ0n) is 12.2. The van der Waals surface area contributed by atoms with E-state index in [1.807, 2.05) is 6.07 Å². The fourth-order valence-corrected chi connectivity index (χ4v) is 2.20. The van der Waals surface area contributed by atoms with Gasteiger partial charge >= 0.3 is 7.82 Å². The molecule has 0 aliphatic carbocycles. The lowest BCUT2D eigenvalue weighted by Crippen LogP contribution is -2.48. The Hall–Kier alpha value is -0.760. The molecule has 1 unspecified atom stereocenters. The molecule has 1 atom stereocenters. The smallest absolute Gasteiger partial charge is 0.394 e. The molecule has 5 N–H and O–H groups in total. The minimum absolute atomic E-state index is 0.250. The summed E-state index contributed by atoms with van der Waals surface area (Å²) in [7, 11) is -4.61. The normalized spacial score (nSPS) is 15.4. The Balaban J connectivity index is 2.54. The lowest BCUT2D eigenvalue weighted by atomic mass is 9.96. The maximum Gasteiger partial charge on any atom is 0.469 e. The van der Waals surface area contributed by atoms with Crippen LogP contribution in [0, 0.1) is 5.92 Å². The highest BCUT2D eigenvalue weighted by molar-refractivity contribution is 7.46. The lowest BCUT2D eigenvalue weighted by Gasteiger charge is -2.26. The Morgan fingerprint density at radius 1 is 1.52 bits per heavy atom. The predicted molar refractivity (Wildman–Crippen MR) is 75.4 cm³/mol. The number of hydrogen-bond acceptors (Lipinski definition) is 6. The molecule has 0 spiro atoms. The van der Waals surface area contributed by atoms with Gasteiger partial charge in [0.25, 0.3) is 0 Å². The van der Waals surface area contributed by atoms with E-state index in [4.69, 9.17) is 20.0 Å². The van der Waals surface area contributed by atoms with Gasteiger partial charge in [0.05, 0.1) is 24.4 Å². The third kappa shape index (κ3) is 7.17. The molecular weight excluding hydrogens is 299 g/mol. The third-order valence-corrected chi connectivity index (χ3v) is 3.39. The second-order valence-corrected chi connectivity index (χ2v) is 6.91. The van der Waals surface area contributed by atoms with Gasteiger partial charge in [0, 0.05) is 12.5 Å². The molecule has 0 aliphatic heterocycles. The number of rotatable bonds is 9. The molecule has 0 radical (unpaired) electrons. The number of aryl methyl sites for hydroxylation is 1. The van der Waals surface area contributed by atoms with Crippen molar-refractivity contribution in [3.63, 3.8) is 0 Å². The van der Waals surface area contributed by atoms with Gasteiger partial charge in [0.15, 0.2) is 0 Å². The van der Waals surface area contributed by atoms with Crippen molar-refractivity contribution in [2.75, 3.05) is 13.2 Å². The van der Waals surface area contributed by atoms with Crippen molar-refractivity contribution >= 4 is 7.82 Å². The fourth-order valence-electron chi connectivity index (χ4n) is 1.77. The molecule has 0 saturated carbocycles. The molecule has 1 rings (SSSR count). The molecule has 9 heteroatoms. The maximum atomic E-state index is 10.7. The van der Waals surface area contributed by atoms with Crippen molar-refractivity contribution in [1.29, 1.82) is 0 Å². The van der Waals surface area contributed by atoms with Crippen molar-refractivity contribution in [2.45, 2.75) is 38.6 Å². The Labute approximate surface area is 123 Å². The van der Waals surface area contributed by atoms with Crippen LogP contribution in [0.2, 0.25) is 0 Å². The minimum atomic E-state index is -4.61. The topological polar surface area (TPSA) is 139 Å². The van der Waals surface area contributed by atoms with Crippen LogP contribution in [-0.2, 0) is 21.9 Å². The Morgan fingerprint density at radius 3 is 2.71 bits per heavy atom. The van der Waals surface area contributed by atoms with E-state index in [0.29, 0.717) is 18.1 Å². The zero-order chi connectivity index (χ0) is 16.1. The molecule has 8 nitrogen and oxygen atoms in total. The summed E-state index contributed by atoms with van der Waals surface area (Å²) in [5, 5.41) is 13.2. The quantitative estimate of drug-likeness (QED) is 0.485. The van der Waals surface area contributed by atoms with Crippen LogP contribution < -0.4 is 5.73 Å². The first-order chi connectivity index (χ1) is 9.63. The van der Waals surface area contributed by atoms with Crippen molar-refractivity contribution < 1.29 is 28.5 Å². The summed E-state index contributed by atoms with van der Waals surface area (Å²) in [6.07, 6.45) is 1.45. The SMILES string of the molecule is CC(C)Cc1cc(CCC(N)(CO)COP(=O)(O)O)on1. The number of nitrogens with two attached hydrogens (primary N) is 1. The molecule has 0 amide bonds. The summed E-state index contributed by atoms with van der Waals surface area (Å²) in [4.78, 5) is 17.3. The van der Waals surface area contributed by atoms with Gasteiger partial charge in [-0.05, 0) is 18.8 Å². The van der Waals surface area contributed by atoms with E-state index in [9.17, 15) is 9.67 Å². The monoisotopic (exact) mass is 322 g/mol. The van der Waals surface area contributed by atoms with E-state index in [1.54, 1.807) is 0 Å². The number of aliphatic hydroxyl groups excluding tert-OH is 1. The van der Waals surface area contributed by atoms with Gasteiger partial charge in [-0.1, -0.05) is 19.0 Å². The third-order valence-electron chi connectivity index (χ3n) is 2.93. The standard InChI is InChI=1S/C12H23N2O6P/c1-9(2)5-10-6-11(20-14-10)3-4-12(13,7-15)8-19-21(16,17)18/h6,9,15H,3-5,7-8,13H2,1-2H3,(H2,16,17,18). The summed E-state index contributed by atoms with van der Waals surface area (Å²) >= 11 is 0. The zero-order valence-corrected chi connectivity index (χ0v) is 13.1. The van der Waals surface area contributed by atoms with Crippen LogP contribution in [0.1, 0.15) is 31.7 Å². The predicted octanol–water partition coefficient (Wildman–Crippen LogP) is 0.605. The van der Waals surface area contributed by atoms with E-state index in [0.717, 1.165) is 12.1 Å². The van der Waals surface area contributed by atoms with Crippen LogP contribution in [-0.4, -0.2) is 38.8 Å². The maximum absolute atomic E-state index is 10.7. The summed E-state index contributed by atoms with van der Waals surface area (Å²) in [5.74, 6) is 1.08. The molecule has 0 aromatic carbocycles. The van der Waals surface area contributed by atoms with Crippen LogP contribution in [0.25, 0.3) is 0 Å². The summed E-state index contributed by atoms with van der Waals surface area (Å²) in [6, 6.07) is 1.82. The highest BCUT2D eigenvalue weighted by atomic mass is 31.2. The van der Waals surface area contributed by atoms with Crippen molar-refractivity contribution in [3.8, 4) is 0 Å². The van der Waals surface area contributed by atoms with Crippen LogP contribution in [0.4, 0.5) is 0 Å². The Kier molecular flexibility index (Phi) is 6.52. The molecule has 21 heavy (non-hydrogen) atoms. The number of phosphoric ester groups is 1. The van der Waals surface area contributed by atoms with Crippen LogP contribution >= 0.6 is 7.82 Å². The lowest BCUT2D eigenvalue weighted by molar-refractivity contribution is 0.101. The molecule has 1 aromatic rings. The van der Waals surface area contributed by atoms with Gasteiger partial charge in [-0.2, -0.15) is 0 Å². The number of hydrogen-bond donors (Lipinski definition) is 4. The molecule has 0 bridgehead atoms. The van der Waals surface area contributed by atoms with Crippen molar-refractivity contribution in [2.24, 2.45) is 11.7 Å². The van der Waals surface area contributed by atoms with Gasteiger partial charge in [-0.25, -0.2) is 4.57 Å². The van der Waals surface area contributed by atoms with E-state index in [1.165, 1.54) is 0 Å². The van der Waals surface area contributed by atoms with Crippen LogP contribution in [0.3, 0.4) is 0 Å². The minimum Gasteiger partial charge on any atom is -0.394 e. The molecule has 0 saturated heterocycles. The summed E-state index contributed by atoms with van der Waals surface area (Å²) in [6.45, 7) is 3.25. The average molecular weight is 322 g/mol. The summed E-state index contributed by atoms with van der Waals surface area (Å²) < 4.78 is 20.2. The van der Waals surface area contributed by atoms with E-state index < -0.39 is 26.6 Å². The second-order valence-electron chi connectivity index (χ2n) is 5.67. The molecule has 1 heterocycles. The number of nitrogens with zero attached hydrogens (tertiary/aromatic N) is 1. The molecule has 122 valence electrons. The van der Waals surface area contributed by atoms with E-state index in [-0.39, 0.29) is 6.42 Å². The largest absolute Gasteiger partial charge is 0.469 e. The van der Waals surface area contributed by atoms with Gasteiger partial charge in [0.1, 0.15) is 5.76 Å².